The highest BCUT2D eigenvalue weighted by Crippen LogP contribution is 2.31. The lowest BCUT2D eigenvalue weighted by Gasteiger charge is -2.40. The van der Waals surface area contributed by atoms with Crippen molar-refractivity contribution in [2.75, 3.05) is 40.8 Å². The van der Waals surface area contributed by atoms with Crippen LogP contribution in [0.25, 0.3) is 0 Å². The molecule has 1 saturated heterocycles. The van der Waals surface area contributed by atoms with Gasteiger partial charge in [0.15, 0.2) is 0 Å². The molecule has 41 heavy (non-hydrogen) atoms. The maximum Gasteiger partial charge on any atom is 0.257 e. The molecule has 2 aliphatic rings. The van der Waals surface area contributed by atoms with Crippen LogP contribution < -0.4 is 5.32 Å². The molecule has 0 unspecified atom stereocenters. The number of carbonyl (C=O) groups is 4. The summed E-state index contributed by atoms with van der Waals surface area (Å²) in [7, 11) is 5.60. The van der Waals surface area contributed by atoms with Crippen LogP contribution >= 0.6 is 0 Å². The van der Waals surface area contributed by atoms with Crippen LogP contribution in [0.5, 0.6) is 0 Å². The van der Waals surface area contributed by atoms with Gasteiger partial charge in [-0.15, -0.1) is 0 Å². The second-order valence-electron chi connectivity index (χ2n) is 13.1. The molecule has 0 radical (unpaired) electrons. The molecule has 1 aromatic heterocycles. The van der Waals surface area contributed by atoms with Gasteiger partial charge in [-0.3, -0.25) is 24.4 Å². The van der Waals surface area contributed by atoms with Crippen LogP contribution in [0.2, 0.25) is 0 Å². The van der Waals surface area contributed by atoms with Crippen LogP contribution in [-0.4, -0.2) is 102 Å². The molecule has 2 atom stereocenters. The van der Waals surface area contributed by atoms with Gasteiger partial charge in [0.05, 0.1) is 30.8 Å². The average Bonchev–Trinajstić information content (AvgIpc) is 3.61. The summed E-state index contributed by atoms with van der Waals surface area (Å²) >= 11 is 0. The average molecular weight is 576 g/mol. The first-order valence-corrected chi connectivity index (χ1v) is 14.8. The number of hydrogen-bond acceptors (Lipinski definition) is 7. The van der Waals surface area contributed by atoms with Crippen molar-refractivity contribution in [2.24, 2.45) is 17.3 Å². The van der Waals surface area contributed by atoms with Crippen molar-refractivity contribution in [3.63, 3.8) is 0 Å². The van der Waals surface area contributed by atoms with Gasteiger partial charge in [-0.1, -0.05) is 46.5 Å². The number of furan rings is 1. The van der Waals surface area contributed by atoms with Crippen molar-refractivity contribution in [1.29, 1.82) is 0 Å². The highest BCUT2D eigenvalue weighted by atomic mass is 16.5. The Balaban J connectivity index is 1.64. The second-order valence-corrected chi connectivity index (χ2v) is 13.1. The fraction of sp³-hybridized carbons (Fsp3) is 0.733. The van der Waals surface area contributed by atoms with E-state index < -0.39 is 17.4 Å². The first-order valence-electron chi connectivity index (χ1n) is 14.8. The summed E-state index contributed by atoms with van der Waals surface area (Å²) in [4.78, 5) is 57.1. The van der Waals surface area contributed by atoms with Crippen molar-refractivity contribution in [2.45, 2.75) is 84.3 Å². The van der Waals surface area contributed by atoms with Crippen molar-refractivity contribution < 1.29 is 28.8 Å². The van der Waals surface area contributed by atoms with Crippen LogP contribution in [0, 0.1) is 17.3 Å². The summed E-state index contributed by atoms with van der Waals surface area (Å²) in [6.07, 6.45) is 7.96. The van der Waals surface area contributed by atoms with E-state index in [0.717, 1.165) is 25.7 Å². The van der Waals surface area contributed by atoms with Gasteiger partial charge in [0.1, 0.15) is 11.8 Å². The Labute approximate surface area is 244 Å². The molecule has 11 heteroatoms. The largest absolute Gasteiger partial charge is 0.467 e. The number of rotatable bonds is 12. The lowest BCUT2D eigenvalue weighted by molar-refractivity contribution is -0.156. The molecule has 1 aliphatic carbocycles. The Morgan fingerprint density at radius 1 is 1.12 bits per heavy atom. The Kier molecular flexibility index (Phi) is 11.4. The topological polar surface area (TPSA) is 127 Å². The van der Waals surface area contributed by atoms with E-state index in [-0.39, 0.29) is 30.3 Å². The van der Waals surface area contributed by atoms with Gasteiger partial charge >= 0.3 is 0 Å². The minimum atomic E-state index is -0.784. The van der Waals surface area contributed by atoms with E-state index in [9.17, 15) is 24.4 Å². The summed E-state index contributed by atoms with van der Waals surface area (Å²) in [5, 5.41) is 13.4. The first-order chi connectivity index (χ1) is 19.3. The van der Waals surface area contributed by atoms with Crippen LogP contribution in [0.1, 0.15) is 81.8 Å². The van der Waals surface area contributed by atoms with Gasteiger partial charge in [-0.25, -0.2) is 5.06 Å². The minimum absolute atomic E-state index is 0.0654. The predicted molar refractivity (Wildman–Crippen MR) is 154 cm³/mol. The minimum Gasteiger partial charge on any atom is -0.467 e. The number of amides is 4. The van der Waals surface area contributed by atoms with E-state index in [1.165, 1.54) is 0 Å². The SMILES string of the molecule is CN(C)Cc1occc1C(=O)N1CCC(N(C)C(=O)[C@@H](NC(=O)[C@H](CC2CCCC2)CN(O)C=O)C(C)(C)C)CC1. The zero-order valence-corrected chi connectivity index (χ0v) is 25.6. The van der Waals surface area contributed by atoms with Crippen LogP contribution in [-0.2, 0) is 20.9 Å². The molecule has 1 aliphatic heterocycles. The third-order valence-corrected chi connectivity index (χ3v) is 8.47. The van der Waals surface area contributed by atoms with Crippen molar-refractivity contribution in [1.82, 2.24) is 25.1 Å². The maximum absolute atomic E-state index is 13.8. The maximum atomic E-state index is 13.8. The second kappa shape index (κ2) is 14.3. The zero-order valence-electron chi connectivity index (χ0n) is 25.6. The van der Waals surface area contributed by atoms with Gasteiger partial charge < -0.3 is 24.4 Å². The molecule has 11 nitrogen and oxygen atoms in total. The highest BCUT2D eigenvalue weighted by molar-refractivity contribution is 5.95. The van der Waals surface area contributed by atoms with Crippen LogP contribution in [0.15, 0.2) is 16.7 Å². The van der Waals surface area contributed by atoms with E-state index in [1.54, 1.807) is 24.3 Å². The van der Waals surface area contributed by atoms with E-state index in [0.29, 0.717) is 67.6 Å². The lowest BCUT2D eigenvalue weighted by atomic mass is 9.84. The Bertz CT molecular complexity index is 1040. The fourth-order valence-corrected chi connectivity index (χ4v) is 6.04. The molecule has 4 amide bonds. The summed E-state index contributed by atoms with van der Waals surface area (Å²) < 4.78 is 5.54. The number of nitrogens with one attached hydrogen (secondary N) is 1. The number of likely N-dealkylation sites (tertiary alicyclic amines) is 1. The molecule has 3 rings (SSSR count). The number of nitrogens with zero attached hydrogens (tertiary/aromatic N) is 4. The molecule has 0 bridgehead atoms. The summed E-state index contributed by atoms with van der Waals surface area (Å²) in [6.45, 7) is 7.20. The molecule has 2 fully saturated rings. The third-order valence-electron chi connectivity index (χ3n) is 8.47. The van der Waals surface area contributed by atoms with Crippen molar-refractivity contribution >= 4 is 24.1 Å². The molecule has 230 valence electrons. The van der Waals surface area contributed by atoms with Crippen LogP contribution in [0.3, 0.4) is 0 Å². The molecule has 2 N–H and O–H groups in total. The van der Waals surface area contributed by atoms with E-state index >= 15 is 0 Å². The molecular weight excluding hydrogens is 526 g/mol. The zero-order chi connectivity index (χ0) is 30.3. The molecule has 2 heterocycles. The number of likely N-dealkylation sites (N-methyl/N-ethyl adjacent to an activating group) is 1. The Hall–Kier alpha value is -2.92. The Morgan fingerprint density at radius 2 is 1.76 bits per heavy atom. The predicted octanol–water partition coefficient (Wildman–Crippen LogP) is 2.98. The number of carbonyl (C=O) groups excluding carboxylic acids is 4. The van der Waals surface area contributed by atoms with Gasteiger partial charge in [0.2, 0.25) is 18.2 Å². The van der Waals surface area contributed by atoms with Gasteiger partial charge in [0.25, 0.3) is 5.91 Å². The van der Waals surface area contributed by atoms with E-state index in [2.05, 4.69) is 5.32 Å². The quantitative estimate of drug-likeness (QED) is 0.223. The first kappa shape index (κ1) is 32.6. The van der Waals surface area contributed by atoms with Gasteiger partial charge in [-0.05, 0) is 50.8 Å². The van der Waals surface area contributed by atoms with Crippen LogP contribution in [0.4, 0.5) is 0 Å². The molecule has 0 aromatic carbocycles. The molecule has 1 aromatic rings. The summed E-state index contributed by atoms with van der Waals surface area (Å²) in [6, 6.07) is 0.856. The molecule has 1 saturated carbocycles. The fourth-order valence-electron chi connectivity index (χ4n) is 6.04. The summed E-state index contributed by atoms with van der Waals surface area (Å²) in [5.74, 6) is -0.175. The summed E-state index contributed by atoms with van der Waals surface area (Å²) in [5.41, 5.74) is 0.00349. The van der Waals surface area contributed by atoms with E-state index in [1.807, 2.05) is 44.7 Å². The van der Waals surface area contributed by atoms with Crippen molar-refractivity contribution in [3.05, 3.63) is 23.7 Å². The van der Waals surface area contributed by atoms with Gasteiger partial charge in [-0.2, -0.15) is 0 Å². The molecule has 0 spiro atoms. The van der Waals surface area contributed by atoms with E-state index in [4.69, 9.17) is 4.42 Å². The third kappa shape index (κ3) is 8.78. The highest BCUT2D eigenvalue weighted by Gasteiger charge is 2.39. The standard InChI is InChI=1S/C30H49N5O6/c1-30(2,3)26(31-27(37)22(18-35(40)20-36)17-21-9-7-8-10-21)29(39)33(6)23-11-14-34(15-12-23)28(38)24-13-16-41-25(24)19-32(4)5/h13,16,20-23,26,40H,7-12,14-15,17-19H2,1-6H3,(H,31,37)/t22-,26-/m1/s1. The number of hydroxylamine groups is 2. The monoisotopic (exact) mass is 575 g/mol. The smallest absolute Gasteiger partial charge is 0.257 e. The Morgan fingerprint density at radius 3 is 2.32 bits per heavy atom. The van der Waals surface area contributed by atoms with Gasteiger partial charge in [0, 0.05) is 26.2 Å². The number of piperidine rings is 1. The number of hydrogen-bond donors (Lipinski definition) is 2. The lowest BCUT2D eigenvalue weighted by Crippen LogP contribution is -2.58. The normalized spacial score (nSPS) is 18.3. The van der Waals surface area contributed by atoms with Crippen molar-refractivity contribution in [3.8, 4) is 0 Å². The molecular formula is C30H49N5O6.